The summed E-state index contributed by atoms with van der Waals surface area (Å²) in [5, 5.41) is 9.86. The number of ether oxygens (including phenoxy) is 2. The fraction of sp³-hybridized carbons (Fsp3) is 0.107. The summed E-state index contributed by atoms with van der Waals surface area (Å²) in [6.07, 6.45) is 0. The second-order valence-corrected chi connectivity index (χ2v) is 7.46. The van der Waals surface area contributed by atoms with Crippen LogP contribution in [0.1, 0.15) is 28.2 Å². The molecule has 0 aliphatic heterocycles. The standard InChI is InChI=1S/C28H24O4/c29-28(30)27(23-11-15-25(16-12-23)31-19-21-7-3-1-4-8-21)24-13-17-26(18-14-24)32-20-22-9-5-2-6-10-22/h1-18,27H,19-20H2,(H,29,30). The molecule has 0 spiro atoms. The molecule has 160 valence electrons. The van der Waals surface area contributed by atoms with Crippen molar-refractivity contribution in [3.63, 3.8) is 0 Å². The molecule has 0 unspecified atom stereocenters. The van der Waals surface area contributed by atoms with E-state index >= 15 is 0 Å². The highest BCUT2D eigenvalue weighted by Crippen LogP contribution is 2.28. The molecule has 1 N–H and O–H groups in total. The number of carbonyl (C=O) groups is 1. The third kappa shape index (κ3) is 5.55. The van der Waals surface area contributed by atoms with Crippen molar-refractivity contribution < 1.29 is 19.4 Å². The van der Waals surface area contributed by atoms with Crippen LogP contribution < -0.4 is 9.47 Å². The monoisotopic (exact) mass is 424 g/mol. The maximum absolute atomic E-state index is 12.0. The minimum absolute atomic E-state index is 0.465. The first-order valence-corrected chi connectivity index (χ1v) is 10.5. The number of benzene rings is 4. The van der Waals surface area contributed by atoms with Gasteiger partial charge in [0.25, 0.3) is 0 Å². The summed E-state index contributed by atoms with van der Waals surface area (Å²) in [7, 11) is 0. The maximum Gasteiger partial charge on any atom is 0.315 e. The van der Waals surface area contributed by atoms with Crippen LogP contribution in [0, 0.1) is 0 Å². The number of carboxylic acid groups (broad SMARTS) is 1. The van der Waals surface area contributed by atoms with E-state index in [4.69, 9.17) is 9.47 Å². The van der Waals surface area contributed by atoms with Gasteiger partial charge in [-0.05, 0) is 46.5 Å². The molecule has 0 fully saturated rings. The van der Waals surface area contributed by atoms with Gasteiger partial charge in [-0.2, -0.15) is 0 Å². The van der Waals surface area contributed by atoms with Crippen LogP contribution in [0.15, 0.2) is 109 Å². The SMILES string of the molecule is O=C(O)C(c1ccc(OCc2ccccc2)cc1)c1ccc(OCc2ccccc2)cc1. The summed E-state index contributed by atoms with van der Waals surface area (Å²) in [6, 6.07) is 34.3. The second kappa shape index (κ2) is 10.3. The third-order valence-electron chi connectivity index (χ3n) is 5.17. The van der Waals surface area contributed by atoms with Gasteiger partial charge < -0.3 is 14.6 Å². The summed E-state index contributed by atoms with van der Waals surface area (Å²) in [5.74, 6) is -0.264. The Bertz CT molecular complexity index is 1030. The Morgan fingerprint density at radius 1 is 0.594 bits per heavy atom. The lowest BCUT2D eigenvalue weighted by atomic mass is 9.91. The largest absolute Gasteiger partial charge is 0.489 e. The van der Waals surface area contributed by atoms with E-state index in [0.29, 0.717) is 35.8 Å². The van der Waals surface area contributed by atoms with Crippen LogP contribution >= 0.6 is 0 Å². The van der Waals surface area contributed by atoms with Crippen LogP contribution in [0.4, 0.5) is 0 Å². The summed E-state index contributed by atoms with van der Waals surface area (Å²) in [5.41, 5.74) is 3.55. The summed E-state index contributed by atoms with van der Waals surface area (Å²) >= 11 is 0. The summed E-state index contributed by atoms with van der Waals surface area (Å²) in [6.45, 7) is 0.931. The molecule has 4 aromatic carbocycles. The molecular weight excluding hydrogens is 400 g/mol. The lowest BCUT2D eigenvalue weighted by Gasteiger charge is -2.15. The van der Waals surface area contributed by atoms with Gasteiger partial charge in [-0.3, -0.25) is 4.79 Å². The zero-order chi connectivity index (χ0) is 22.2. The Morgan fingerprint density at radius 2 is 0.969 bits per heavy atom. The number of aliphatic carboxylic acids is 1. The van der Waals surface area contributed by atoms with Gasteiger partial charge in [0.1, 0.15) is 30.6 Å². The molecule has 0 atom stereocenters. The van der Waals surface area contributed by atoms with Gasteiger partial charge in [-0.25, -0.2) is 0 Å². The molecule has 4 aromatic rings. The molecule has 32 heavy (non-hydrogen) atoms. The Kier molecular flexibility index (Phi) is 6.83. The van der Waals surface area contributed by atoms with Crippen LogP contribution in [0.2, 0.25) is 0 Å². The van der Waals surface area contributed by atoms with Crippen molar-refractivity contribution in [1.29, 1.82) is 0 Å². The van der Waals surface area contributed by atoms with E-state index < -0.39 is 11.9 Å². The molecule has 4 heteroatoms. The van der Waals surface area contributed by atoms with Crippen molar-refractivity contribution in [2.45, 2.75) is 19.1 Å². The van der Waals surface area contributed by atoms with Gasteiger partial charge in [0, 0.05) is 0 Å². The van der Waals surface area contributed by atoms with E-state index in [9.17, 15) is 9.90 Å². The molecule has 0 aliphatic carbocycles. The molecule has 4 nitrogen and oxygen atoms in total. The van der Waals surface area contributed by atoms with Crippen molar-refractivity contribution in [3.8, 4) is 11.5 Å². The fourth-order valence-electron chi connectivity index (χ4n) is 3.47. The van der Waals surface area contributed by atoms with Crippen molar-refractivity contribution in [3.05, 3.63) is 131 Å². The van der Waals surface area contributed by atoms with Crippen LogP contribution in [-0.4, -0.2) is 11.1 Å². The van der Waals surface area contributed by atoms with Crippen molar-refractivity contribution in [1.82, 2.24) is 0 Å². The number of rotatable bonds is 9. The Balaban J connectivity index is 1.42. The normalized spacial score (nSPS) is 10.7. The van der Waals surface area contributed by atoms with E-state index in [2.05, 4.69) is 0 Å². The van der Waals surface area contributed by atoms with E-state index in [0.717, 1.165) is 11.1 Å². The minimum Gasteiger partial charge on any atom is -0.489 e. The van der Waals surface area contributed by atoms with Gasteiger partial charge in [-0.1, -0.05) is 84.9 Å². The molecule has 0 saturated carbocycles. The van der Waals surface area contributed by atoms with Gasteiger partial charge in [0.2, 0.25) is 0 Å². The fourth-order valence-corrected chi connectivity index (χ4v) is 3.47. The van der Waals surface area contributed by atoms with E-state index in [-0.39, 0.29) is 0 Å². The molecular formula is C28H24O4. The van der Waals surface area contributed by atoms with E-state index in [1.165, 1.54) is 0 Å². The second-order valence-electron chi connectivity index (χ2n) is 7.46. The van der Waals surface area contributed by atoms with E-state index in [1.54, 1.807) is 24.3 Å². The van der Waals surface area contributed by atoms with Gasteiger partial charge in [0.05, 0.1) is 0 Å². The zero-order valence-electron chi connectivity index (χ0n) is 17.6. The molecule has 0 bridgehead atoms. The van der Waals surface area contributed by atoms with Crippen LogP contribution in [0.5, 0.6) is 11.5 Å². The molecule has 0 heterocycles. The molecule has 0 aliphatic rings. The summed E-state index contributed by atoms with van der Waals surface area (Å²) in [4.78, 5) is 12.0. The zero-order valence-corrected chi connectivity index (χ0v) is 17.6. The molecule has 0 amide bonds. The highest BCUT2D eigenvalue weighted by Gasteiger charge is 2.22. The molecule has 0 saturated heterocycles. The Labute approximate surface area is 187 Å². The van der Waals surface area contributed by atoms with Crippen LogP contribution in [-0.2, 0) is 18.0 Å². The van der Waals surface area contributed by atoms with Gasteiger partial charge >= 0.3 is 5.97 Å². The molecule has 0 aromatic heterocycles. The van der Waals surface area contributed by atoms with Crippen LogP contribution in [0.3, 0.4) is 0 Å². The van der Waals surface area contributed by atoms with E-state index in [1.807, 2.05) is 84.9 Å². The average Bonchev–Trinajstić information content (AvgIpc) is 2.84. The number of carboxylic acids is 1. The lowest BCUT2D eigenvalue weighted by molar-refractivity contribution is -0.137. The smallest absolute Gasteiger partial charge is 0.315 e. The maximum atomic E-state index is 12.0. The van der Waals surface area contributed by atoms with Gasteiger partial charge in [-0.15, -0.1) is 0 Å². The van der Waals surface area contributed by atoms with Crippen molar-refractivity contribution >= 4 is 5.97 Å². The first-order valence-electron chi connectivity index (χ1n) is 10.5. The average molecular weight is 424 g/mol. The Morgan fingerprint density at radius 3 is 1.31 bits per heavy atom. The topological polar surface area (TPSA) is 55.8 Å². The predicted molar refractivity (Wildman–Crippen MR) is 124 cm³/mol. The highest BCUT2D eigenvalue weighted by atomic mass is 16.5. The molecule has 0 radical (unpaired) electrons. The highest BCUT2D eigenvalue weighted by molar-refractivity contribution is 5.80. The lowest BCUT2D eigenvalue weighted by Crippen LogP contribution is -2.13. The van der Waals surface area contributed by atoms with Crippen molar-refractivity contribution in [2.75, 3.05) is 0 Å². The van der Waals surface area contributed by atoms with Crippen LogP contribution in [0.25, 0.3) is 0 Å². The predicted octanol–water partition coefficient (Wildman–Crippen LogP) is 6.06. The van der Waals surface area contributed by atoms with Gasteiger partial charge in [0.15, 0.2) is 0 Å². The quantitative estimate of drug-likeness (QED) is 0.355. The van der Waals surface area contributed by atoms with Crippen molar-refractivity contribution in [2.24, 2.45) is 0 Å². The Hall–Kier alpha value is -4.05. The molecule has 4 rings (SSSR count). The third-order valence-corrected chi connectivity index (χ3v) is 5.17. The first kappa shape index (κ1) is 21.2. The number of hydrogen-bond donors (Lipinski definition) is 1. The number of hydrogen-bond acceptors (Lipinski definition) is 3. The first-order chi connectivity index (χ1) is 15.7. The summed E-state index contributed by atoms with van der Waals surface area (Å²) < 4.78 is 11.6. The minimum atomic E-state index is -0.902.